The molecule has 1 aliphatic rings. The van der Waals surface area contributed by atoms with Crippen LogP contribution in [0.1, 0.15) is 16.6 Å². The van der Waals surface area contributed by atoms with E-state index in [-0.39, 0.29) is 0 Å². The number of nitrogens with two attached hydrogens (primary N) is 1. The minimum Gasteiger partial charge on any atom is -0.394 e. The van der Waals surface area contributed by atoms with Gasteiger partial charge < -0.3 is 20.7 Å². The van der Waals surface area contributed by atoms with E-state index in [9.17, 15) is 33.0 Å². The molecule has 0 saturated carbocycles. The number of nitrogens with one attached hydrogen (secondary N) is 1. The van der Waals surface area contributed by atoms with E-state index in [1.54, 1.807) is 0 Å². The number of aliphatic hydroxyl groups excluding tert-OH is 2. The van der Waals surface area contributed by atoms with E-state index < -0.39 is 64.0 Å². The number of aliphatic hydroxyl groups is 2. The van der Waals surface area contributed by atoms with Crippen LogP contribution >= 0.6 is 0 Å². The molecule has 0 radical (unpaired) electrons. The summed E-state index contributed by atoms with van der Waals surface area (Å²) in [6.45, 7) is -0.714. The van der Waals surface area contributed by atoms with Crippen LogP contribution in [0.3, 0.4) is 0 Å². The largest absolute Gasteiger partial charge is 0.394 e. The summed E-state index contributed by atoms with van der Waals surface area (Å²) < 4.78 is 33.0. The van der Waals surface area contributed by atoms with Crippen LogP contribution in [0.25, 0.3) is 0 Å². The summed E-state index contributed by atoms with van der Waals surface area (Å²) in [6.07, 6.45) is -4.47. The minimum atomic E-state index is -4.00. The molecule has 4 atom stereocenters. The molecule has 0 unspecified atom stereocenters. The van der Waals surface area contributed by atoms with E-state index in [0.717, 1.165) is 12.5 Å². The summed E-state index contributed by atoms with van der Waals surface area (Å²) in [6, 6.07) is 0. The SMILES string of the molecule is CS(=O)(=O)O[C@@H]1[C@@H](O)[C@H](n2cc(C(N)=O)c(=O)[nH]c2=O)O[C@@H]1CO. The Morgan fingerprint density at radius 1 is 1.50 bits per heavy atom. The number of amides is 1. The predicted octanol–water partition coefficient (Wildman–Crippen LogP) is -3.77. The fourth-order valence-electron chi connectivity index (χ4n) is 2.27. The summed E-state index contributed by atoms with van der Waals surface area (Å²) >= 11 is 0. The maximum absolute atomic E-state index is 11.9. The number of nitrogens with zero attached hydrogens (tertiary/aromatic N) is 1. The highest BCUT2D eigenvalue weighted by molar-refractivity contribution is 7.86. The van der Waals surface area contributed by atoms with Gasteiger partial charge in [0.25, 0.3) is 21.6 Å². The van der Waals surface area contributed by atoms with Gasteiger partial charge in [0.1, 0.15) is 23.9 Å². The van der Waals surface area contributed by atoms with Crippen molar-refractivity contribution in [3.63, 3.8) is 0 Å². The number of primary amides is 1. The molecule has 0 aromatic carbocycles. The number of aromatic nitrogens is 2. The zero-order chi connectivity index (χ0) is 18.2. The Hall–Kier alpha value is -2.06. The highest BCUT2D eigenvalue weighted by Crippen LogP contribution is 2.31. The highest BCUT2D eigenvalue weighted by atomic mass is 32.2. The standard InChI is InChI=1S/C11H15N3O9S/c1-24(20,21)23-7-5(3-15)22-10(6(7)16)14-2-4(8(12)17)9(18)13-11(14)19/h2,5-7,10,15-16H,3H2,1H3,(H2,12,17)(H,13,18,19)/t5-,6-,7+,10-/m1/s1. The first-order chi connectivity index (χ1) is 11.0. The molecule has 1 fully saturated rings. The van der Waals surface area contributed by atoms with Gasteiger partial charge in [-0.2, -0.15) is 8.42 Å². The Balaban J connectivity index is 2.46. The number of ether oxygens (including phenoxy) is 1. The molecule has 24 heavy (non-hydrogen) atoms. The number of carbonyl (C=O) groups is 1. The van der Waals surface area contributed by atoms with Crippen molar-refractivity contribution in [3.8, 4) is 0 Å². The first-order valence-corrected chi connectivity index (χ1v) is 8.34. The fraction of sp³-hybridized carbons (Fsp3) is 0.545. The van der Waals surface area contributed by atoms with Crippen molar-refractivity contribution in [1.29, 1.82) is 0 Å². The zero-order valence-electron chi connectivity index (χ0n) is 12.3. The molecular formula is C11H15N3O9S. The van der Waals surface area contributed by atoms with E-state index in [2.05, 4.69) is 4.18 Å². The first-order valence-electron chi connectivity index (χ1n) is 6.53. The Bertz CT molecular complexity index is 858. The molecule has 5 N–H and O–H groups in total. The highest BCUT2D eigenvalue weighted by Gasteiger charge is 2.47. The average Bonchev–Trinajstić information content (AvgIpc) is 2.74. The quantitative estimate of drug-likeness (QED) is 0.379. The van der Waals surface area contributed by atoms with Gasteiger partial charge in [0.15, 0.2) is 6.23 Å². The second-order valence-corrected chi connectivity index (χ2v) is 6.68. The molecule has 12 nitrogen and oxygen atoms in total. The summed E-state index contributed by atoms with van der Waals surface area (Å²) in [5, 5.41) is 19.4. The second kappa shape index (κ2) is 6.45. The van der Waals surface area contributed by atoms with Gasteiger partial charge in [0, 0.05) is 6.20 Å². The first kappa shape index (κ1) is 18.3. The Morgan fingerprint density at radius 2 is 2.12 bits per heavy atom. The van der Waals surface area contributed by atoms with Crippen molar-refractivity contribution in [3.05, 3.63) is 32.6 Å². The third kappa shape index (κ3) is 3.54. The van der Waals surface area contributed by atoms with Crippen molar-refractivity contribution < 1.29 is 32.3 Å². The van der Waals surface area contributed by atoms with Crippen LogP contribution in [-0.4, -0.2) is 65.3 Å². The van der Waals surface area contributed by atoms with Crippen molar-refractivity contribution in [2.75, 3.05) is 12.9 Å². The molecule has 1 saturated heterocycles. The van der Waals surface area contributed by atoms with E-state index in [1.165, 1.54) is 0 Å². The predicted molar refractivity (Wildman–Crippen MR) is 76.6 cm³/mol. The Kier molecular flexibility index (Phi) is 4.91. The number of rotatable bonds is 5. The normalized spacial score (nSPS) is 27.3. The number of carbonyl (C=O) groups excluding carboxylic acids is 1. The summed E-state index contributed by atoms with van der Waals surface area (Å²) in [5.74, 6) is -1.12. The van der Waals surface area contributed by atoms with Crippen molar-refractivity contribution >= 4 is 16.0 Å². The molecule has 1 aromatic heterocycles. The fourth-order valence-corrected chi connectivity index (χ4v) is 2.91. The average molecular weight is 365 g/mol. The number of hydrogen-bond acceptors (Lipinski definition) is 9. The lowest BCUT2D eigenvalue weighted by atomic mass is 10.1. The third-order valence-corrected chi connectivity index (χ3v) is 3.85. The molecule has 0 spiro atoms. The molecule has 0 bridgehead atoms. The summed E-state index contributed by atoms with van der Waals surface area (Å²) in [4.78, 5) is 36.4. The maximum Gasteiger partial charge on any atom is 0.330 e. The molecule has 1 amide bonds. The van der Waals surface area contributed by atoms with Gasteiger partial charge in [0.05, 0.1) is 12.9 Å². The second-order valence-electron chi connectivity index (χ2n) is 5.08. The van der Waals surface area contributed by atoms with Crippen LogP contribution < -0.4 is 17.0 Å². The van der Waals surface area contributed by atoms with Crippen LogP contribution in [-0.2, 0) is 19.0 Å². The van der Waals surface area contributed by atoms with Crippen LogP contribution in [0.15, 0.2) is 15.8 Å². The van der Waals surface area contributed by atoms with Gasteiger partial charge in [-0.15, -0.1) is 0 Å². The smallest absolute Gasteiger partial charge is 0.330 e. The van der Waals surface area contributed by atoms with E-state index in [4.69, 9.17) is 10.5 Å². The molecule has 13 heteroatoms. The lowest BCUT2D eigenvalue weighted by Crippen LogP contribution is -2.41. The van der Waals surface area contributed by atoms with Gasteiger partial charge in [-0.1, -0.05) is 0 Å². The van der Waals surface area contributed by atoms with Gasteiger partial charge in [-0.3, -0.25) is 23.3 Å². The van der Waals surface area contributed by atoms with Crippen molar-refractivity contribution in [2.45, 2.75) is 24.5 Å². The number of aromatic amines is 1. The maximum atomic E-state index is 11.9. The number of hydrogen-bond donors (Lipinski definition) is 4. The van der Waals surface area contributed by atoms with Crippen LogP contribution in [0.4, 0.5) is 0 Å². The van der Waals surface area contributed by atoms with Gasteiger partial charge in [-0.25, -0.2) is 4.79 Å². The van der Waals surface area contributed by atoms with E-state index >= 15 is 0 Å². The molecule has 2 rings (SSSR count). The Morgan fingerprint density at radius 3 is 2.62 bits per heavy atom. The van der Waals surface area contributed by atoms with Gasteiger partial charge in [-0.05, 0) is 0 Å². The molecule has 1 aromatic rings. The monoisotopic (exact) mass is 365 g/mol. The van der Waals surface area contributed by atoms with Crippen LogP contribution in [0.2, 0.25) is 0 Å². The van der Waals surface area contributed by atoms with Crippen LogP contribution in [0, 0.1) is 0 Å². The summed E-state index contributed by atoms with van der Waals surface area (Å²) in [5.41, 5.74) is 2.37. The van der Waals surface area contributed by atoms with E-state index in [0.29, 0.717) is 4.57 Å². The zero-order valence-corrected chi connectivity index (χ0v) is 13.1. The van der Waals surface area contributed by atoms with Gasteiger partial charge >= 0.3 is 5.69 Å². The molecule has 134 valence electrons. The summed E-state index contributed by atoms with van der Waals surface area (Å²) in [7, 11) is -4.00. The topological polar surface area (TPSA) is 191 Å². The third-order valence-electron chi connectivity index (χ3n) is 3.28. The van der Waals surface area contributed by atoms with Gasteiger partial charge in [0.2, 0.25) is 0 Å². The van der Waals surface area contributed by atoms with Crippen molar-refractivity contribution in [1.82, 2.24) is 9.55 Å². The molecule has 0 aliphatic carbocycles. The van der Waals surface area contributed by atoms with Crippen LogP contribution in [0.5, 0.6) is 0 Å². The molecular weight excluding hydrogens is 350 g/mol. The molecule has 1 aliphatic heterocycles. The minimum absolute atomic E-state index is 0.571. The Labute approximate surface area is 134 Å². The lowest BCUT2D eigenvalue weighted by molar-refractivity contribution is -0.0544. The molecule has 2 heterocycles. The lowest BCUT2D eigenvalue weighted by Gasteiger charge is -2.19. The number of H-pyrrole nitrogens is 1. The van der Waals surface area contributed by atoms with E-state index in [1.807, 2.05) is 4.98 Å². The van der Waals surface area contributed by atoms with Crippen molar-refractivity contribution in [2.24, 2.45) is 5.73 Å².